The fraction of sp³-hybridized carbons (Fsp3) is 0.879. The van der Waals surface area contributed by atoms with Crippen molar-refractivity contribution in [3.05, 3.63) is 0 Å². The van der Waals surface area contributed by atoms with Gasteiger partial charge in [0.15, 0.2) is 11.6 Å². The number of hydrogen-bond acceptors (Lipinski definition) is 8. The molecule has 0 spiro atoms. The SMILES string of the molecule is CCCCCCCCCCNCCC(=O)N[C@@H](CCCCN)C(=O)C[C@@H](C)C(=O)N[C@@H](CCCCN)C(=O)C[C@@H](C)B(C)O. The van der Waals surface area contributed by atoms with Crippen LogP contribution in [-0.4, -0.2) is 73.6 Å². The monoisotopic (exact) mass is 624 g/mol. The lowest BCUT2D eigenvalue weighted by Gasteiger charge is -2.23. The van der Waals surface area contributed by atoms with Crippen molar-refractivity contribution in [1.82, 2.24) is 16.0 Å². The van der Waals surface area contributed by atoms with Crippen molar-refractivity contribution in [1.29, 1.82) is 0 Å². The molecule has 0 radical (unpaired) electrons. The highest BCUT2D eigenvalue weighted by Gasteiger charge is 2.29. The molecule has 8 N–H and O–H groups in total. The van der Waals surface area contributed by atoms with Crippen LogP contribution in [0.3, 0.4) is 0 Å². The van der Waals surface area contributed by atoms with Gasteiger partial charge >= 0.3 is 0 Å². The van der Waals surface area contributed by atoms with Gasteiger partial charge in [0.2, 0.25) is 11.8 Å². The Bertz CT molecular complexity index is 786. The lowest BCUT2D eigenvalue weighted by atomic mass is 9.58. The van der Waals surface area contributed by atoms with E-state index < -0.39 is 24.9 Å². The van der Waals surface area contributed by atoms with Crippen LogP contribution in [0.5, 0.6) is 0 Å². The first-order valence-electron chi connectivity index (χ1n) is 17.5. The first-order valence-corrected chi connectivity index (χ1v) is 17.5. The second kappa shape index (κ2) is 27.5. The Kier molecular flexibility index (Phi) is 26.4. The number of carbonyl (C=O) groups is 4. The van der Waals surface area contributed by atoms with Gasteiger partial charge in [0.05, 0.1) is 12.1 Å². The minimum atomic E-state index is -0.689. The molecule has 0 aromatic heterocycles. The zero-order valence-electron chi connectivity index (χ0n) is 28.5. The molecule has 256 valence electrons. The maximum atomic E-state index is 13.2. The zero-order chi connectivity index (χ0) is 33.2. The Labute approximate surface area is 268 Å². The van der Waals surface area contributed by atoms with Crippen LogP contribution in [0, 0.1) is 5.92 Å². The number of nitrogens with two attached hydrogens (primary N) is 2. The summed E-state index contributed by atoms with van der Waals surface area (Å²) in [5.41, 5.74) is 11.3. The number of ketones is 2. The van der Waals surface area contributed by atoms with E-state index in [1.807, 2.05) is 0 Å². The molecule has 0 saturated carbocycles. The maximum absolute atomic E-state index is 13.2. The first kappa shape index (κ1) is 42.2. The number of unbranched alkanes of at least 4 members (excludes halogenated alkanes) is 9. The molecular formula is C33H66BN5O5. The summed E-state index contributed by atoms with van der Waals surface area (Å²) in [6.45, 7) is 9.14. The van der Waals surface area contributed by atoms with E-state index in [1.54, 1.807) is 20.7 Å². The summed E-state index contributed by atoms with van der Waals surface area (Å²) in [7, 11) is 0. The molecule has 4 atom stereocenters. The smallest absolute Gasteiger partial charge is 0.289 e. The average Bonchev–Trinajstić information content (AvgIpc) is 2.98. The molecule has 0 aliphatic carbocycles. The summed E-state index contributed by atoms with van der Waals surface area (Å²) < 4.78 is 0. The van der Waals surface area contributed by atoms with Crippen molar-refractivity contribution in [2.24, 2.45) is 17.4 Å². The topological polar surface area (TPSA) is 177 Å². The zero-order valence-corrected chi connectivity index (χ0v) is 28.5. The lowest BCUT2D eigenvalue weighted by molar-refractivity contribution is -0.133. The highest BCUT2D eigenvalue weighted by atomic mass is 16.2. The highest BCUT2D eigenvalue weighted by Crippen LogP contribution is 2.17. The van der Waals surface area contributed by atoms with Gasteiger partial charge in [-0.1, -0.05) is 72.5 Å². The van der Waals surface area contributed by atoms with E-state index in [2.05, 4.69) is 22.9 Å². The van der Waals surface area contributed by atoms with Crippen molar-refractivity contribution in [2.45, 2.75) is 155 Å². The van der Waals surface area contributed by atoms with Gasteiger partial charge in [0.1, 0.15) is 0 Å². The minimum Gasteiger partial charge on any atom is -0.450 e. The molecular weight excluding hydrogens is 557 g/mol. The molecule has 0 fully saturated rings. The predicted molar refractivity (Wildman–Crippen MR) is 181 cm³/mol. The third kappa shape index (κ3) is 21.8. The normalized spacial score (nSPS) is 14.0. The van der Waals surface area contributed by atoms with Gasteiger partial charge in [-0.25, -0.2) is 0 Å². The number of Topliss-reactive ketones (excluding diaryl/α,β-unsaturated/α-hetero) is 2. The first-order chi connectivity index (χ1) is 21.1. The van der Waals surface area contributed by atoms with Crippen LogP contribution in [0.25, 0.3) is 0 Å². The molecule has 0 heterocycles. The number of carbonyl (C=O) groups excluding carboxylic acids is 4. The van der Waals surface area contributed by atoms with E-state index in [9.17, 15) is 24.2 Å². The Balaban J connectivity index is 4.84. The van der Waals surface area contributed by atoms with E-state index in [4.69, 9.17) is 11.5 Å². The maximum Gasteiger partial charge on any atom is 0.289 e. The van der Waals surface area contributed by atoms with Gasteiger partial charge in [-0.2, -0.15) is 0 Å². The third-order valence-electron chi connectivity index (χ3n) is 8.36. The summed E-state index contributed by atoms with van der Waals surface area (Å²) in [6, 6.07) is -1.36. The summed E-state index contributed by atoms with van der Waals surface area (Å²) in [5.74, 6) is -1.78. The summed E-state index contributed by atoms with van der Waals surface area (Å²) in [4.78, 5) is 51.9. The molecule has 0 unspecified atom stereocenters. The molecule has 0 aromatic rings. The van der Waals surface area contributed by atoms with Gasteiger partial charge in [-0.3, -0.25) is 19.2 Å². The standard InChI is InChI=1S/C33H66BN5O5/c1-5-6-7-8-9-10-11-16-22-37-23-19-32(42)38-28(17-12-14-20-35)30(40)24-26(2)33(43)39-29(18-13-15-21-36)31(41)25-27(3)34(4)44/h26-29,37,44H,5-25,35-36H2,1-4H3,(H,38,42)(H,39,43)/t26-,27-,28+,29+/m1/s1. The third-order valence-corrected chi connectivity index (χ3v) is 8.36. The van der Waals surface area contributed by atoms with Crippen LogP contribution in [0.4, 0.5) is 0 Å². The molecule has 0 aliphatic rings. The fourth-order valence-electron chi connectivity index (χ4n) is 5.07. The van der Waals surface area contributed by atoms with Gasteiger partial charge < -0.3 is 32.4 Å². The molecule has 44 heavy (non-hydrogen) atoms. The van der Waals surface area contributed by atoms with Crippen LogP contribution in [0.1, 0.15) is 130 Å². The van der Waals surface area contributed by atoms with E-state index in [0.29, 0.717) is 45.3 Å². The molecule has 0 aliphatic heterocycles. The van der Waals surface area contributed by atoms with Crippen molar-refractivity contribution in [2.75, 3.05) is 26.2 Å². The molecule has 0 bridgehead atoms. The van der Waals surface area contributed by atoms with E-state index in [-0.39, 0.29) is 48.5 Å². The summed E-state index contributed by atoms with van der Waals surface area (Å²) in [6.07, 6.45) is 14.3. The second-order valence-electron chi connectivity index (χ2n) is 12.7. The van der Waals surface area contributed by atoms with E-state index in [0.717, 1.165) is 25.8 Å². The number of hydrogen-bond donors (Lipinski definition) is 6. The van der Waals surface area contributed by atoms with Crippen LogP contribution in [0.2, 0.25) is 12.6 Å². The Morgan fingerprint density at radius 1 is 0.705 bits per heavy atom. The quantitative estimate of drug-likeness (QED) is 0.0516. The number of amides is 2. The van der Waals surface area contributed by atoms with Gasteiger partial charge in [-0.15, -0.1) is 0 Å². The Morgan fingerprint density at radius 3 is 1.77 bits per heavy atom. The number of nitrogens with one attached hydrogen (secondary N) is 3. The molecule has 10 nitrogen and oxygen atoms in total. The van der Waals surface area contributed by atoms with Crippen molar-refractivity contribution in [3.8, 4) is 0 Å². The van der Waals surface area contributed by atoms with Crippen LogP contribution >= 0.6 is 0 Å². The molecule has 0 saturated heterocycles. The molecule has 11 heteroatoms. The van der Waals surface area contributed by atoms with E-state index in [1.165, 1.54) is 44.9 Å². The summed E-state index contributed by atoms with van der Waals surface area (Å²) >= 11 is 0. The van der Waals surface area contributed by atoms with Crippen LogP contribution < -0.4 is 27.4 Å². The average molecular weight is 624 g/mol. The highest BCUT2D eigenvalue weighted by molar-refractivity contribution is 6.50. The second-order valence-corrected chi connectivity index (χ2v) is 12.7. The Morgan fingerprint density at radius 2 is 1.23 bits per heavy atom. The molecule has 0 rings (SSSR count). The largest absolute Gasteiger partial charge is 0.450 e. The lowest BCUT2D eigenvalue weighted by Crippen LogP contribution is -2.46. The van der Waals surface area contributed by atoms with Crippen LogP contribution in [-0.2, 0) is 19.2 Å². The van der Waals surface area contributed by atoms with Crippen molar-refractivity contribution in [3.63, 3.8) is 0 Å². The molecule has 0 aromatic carbocycles. The van der Waals surface area contributed by atoms with E-state index >= 15 is 0 Å². The van der Waals surface area contributed by atoms with Crippen LogP contribution in [0.15, 0.2) is 0 Å². The van der Waals surface area contributed by atoms with Crippen molar-refractivity contribution >= 4 is 30.3 Å². The fourth-order valence-corrected chi connectivity index (χ4v) is 5.07. The van der Waals surface area contributed by atoms with Gasteiger partial charge in [0.25, 0.3) is 6.92 Å². The van der Waals surface area contributed by atoms with Gasteiger partial charge in [0, 0.05) is 31.7 Å². The number of rotatable bonds is 30. The molecule has 2 amide bonds. The summed E-state index contributed by atoms with van der Waals surface area (Å²) in [5, 5.41) is 18.9. The van der Waals surface area contributed by atoms with Gasteiger partial charge in [-0.05, 0) is 70.4 Å². The predicted octanol–water partition coefficient (Wildman–Crippen LogP) is 3.89. The van der Waals surface area contributed by atoms with Crippen molar-refractivity contribution < 1.29 is 24.2 Å². The minimum absolute atomic E-state index is 0.0378. The Hall–Kier alpha value is -1.82.